The summed E-state index contributed by atoms with van der Waals surface area (Å²) in [7, 11) is 0. The Hall–Kier alpha value is -0.820. The maximum absolute atomic E-state index is 3.83. The molecular weight excluding hydrogens is 242 g/mol. The maximum atomic E-state index is 3.83. The van der Waals surface area contributed by atoms with Crippen molar-refractivity contribution in [3.8, 4) is 0 Å². The van der Waals surface area contributed by atoms with E-state index in [0.717, 1.165) is 6.04 Å². The fourth-order valence-electron chi connectivity index (χ4n) is 3.88. The molecule has 2 fully saturated rings. The van der Waals surface area contributed by atoms with E-state index in [1.165, 1.54) is 69.0 Å². The molecule has 0 atom stereocenters. The van der Waals surface area contributed by atoms with Crippen molar-refractivity contribution >= 4 is 0 Å². The van der Waals surface area contributed by atoms with Gasteiger partial charge in [0.2, 0.25) is 0 Å². The van der Waals surface area contributed by atoms with Crippen molar-refractivity contribution in [1.29, 1.82) is 0 Å². The summed E-state index contributed by atoms with van der Waals surface area (Å²) >= 11 is 0. The number of hydrogen-bond donors (Lipinski definition) is 1. The Bertz CT molecular complexity index is 431. The van der Waals surface area contributed by atoms with E-state index in [4.69, 9.17) is 0 Å². The van der Waals surface area contributed by atoms with E-state index in [9.17, 15) is 0 Å². The summed E-state index contributed by atoms with van der Waals surface area (Å²) in [5, 5.41) is 3.83. The van der Waals surface area contributed by atoms with Gasteiger partial charge in [0, 0.05) is 18.0 Å². The molecule has 2 aliphatic carbocycles. The highest BCUT2D eigenvalue weighted by molar-refractivity contribution is 5.35. The van der Waals surface area contributed by atoms with E-state index in [0.29, 0.717) is 5.41 Å². The highest BCUT2D eigenvalue weighted by Crippen LogP contribution is 2.39. The van der Waals surface area contributed by atoms with Crippen LogP contribution in [0.5, 0.6) is 0 Å². The van der Waals surface area contributed by atoms with Gasteiger partial charge in [0.05, 0.1) is 0 Å². The minimum atomic E-state index is 0.399. The van der Waals surface area contributed by atoms with E-state index in [2.05, 4.69) is 37.4 Å². The fraction of sp³-hybridized carbons (Fsp3) is 0.684. The molecule has 2 aliphatic rings. The molecule has 2 saturated carbocycles. The van der Waals surface area contributed by atoms with Crippen LogP contribution in [0.3, 0.4) is 0 Å². The number of benzene rings is 1. The lowest BCUT2D eigenvalue weighted by Crippen LogP contribution is -2.39. The lowest BCUT2D eigenvalue weighted by molar-refractivity contribution is 0.346. The van der Waals surface area contributed by atoms with Crippen LogP contribution in [0.2, 0.25) is 0 Å². The largest absolute Gasteiger partial charge is 0.313 e. The molecule has 0 aliphatic heterocycles. The fourth-order valence-corrected chi connectivity index (χ4v) is 3.88. The Balaban J connectivity index is 1.88. The molecule has 20 heavy (non-hydrogen) atoms. The summed E-state index contributed by atoms with van der Waals surface area (Å²) in [6.07, 6.45) is 11.2. The molecule has 1 nitrogen and oxygen atoms in total. The zero-order valence-electron chi connectivity index (χ0n) is 13.2. The number of rotatable bonds is 4. The molecule has 0 spiro atoms. The summed E-state index contributed by atoms with van der Waals surface area (Å²) in [6, 6.07) is 8.03. The van der Waals surface area contributed by atoms with Gasteiger partial charge in [0.25, 0.3) is 0 Å². The van der Waals surface area contributed by atoms with Gasteiger partial charge in [0.1, 0.15) is 0 Å². The maximum Gasteiger partial charge on any atom is 0.00780 e. The monoisotopic (exact) mass is 271 g/mol. The van der Waals surface area contributed by atoms with Crippen LogP contribution < -0.4 is 5.32 Å². The summed E-state index contributed by atoms with van der Waals surface area (Å²) < 4.78 is 0. The van der Waals surface area contributed by atoms with Crippen LogP contribution in [0.25, 0.3) is 0 Å². The van der Waals surface area contributed by atoms with Crippen molar-refractivity contribution in [2.75, 3.05) is 6.54 Å². The highest BCUT2D eigenvalue weighted by atomic mass is 15.0. The number of hydrogen-bond acceptors (Lipinski definition) is 1. The second-order valence-electron chi connectivity index (χ2n) is 7.23. The average molecular weight is 271 g/mol. The topological polar surface area (TPSA) is 12.0 Å². The Kier molecular flexibility index (Phi) is 4.16. The van der Waals surface area contributed by atoms with Crippen LogP contribution in [0.4, 0.5) is 0 Å². The van der Waals surface area contributed by atoms with Gasteiger partial charge in [-0.05, 0) is 45.1 Å². The lowest BCUT2D eigenvalue weighted by Gasteiger charge is -2.34. The lowest BCUT2D eigenvalue weighted by atomic mass is 9.73. The van der Waals surface area contributed by atoms with Crippen LogP contribution in [0.15, 0.2) is 18.2 Å². The van der Waals surface area contributed by atoms with Crippen LogP contribution in [0, 0.1) is 13.8 Å². The van der Waals surface area contributed by atoms with E-state index >= 15 is 0 Å². The van der Waals surface area contributed by atoms with Gasteiger partial charge in [-0.1, -0.05) is 55.0 Å². The minimum Gasteiger partial charge on any atom is -0.313 e. The zero-order valence-corrected chi connectivity index (χ0v) is 13.2. The zero-order chi connectivity index (χ0) is 14.0. The van der Waals surface area contributed by atoms with Crippen LogP contribution in [-0.4, -0.2) is 12.6 Å². The predicted molar refractivity (Wildman–Crippen MR) is 86.3 cm³/mol. The molecule has 0 radical (unpaired) electrons. The van der Waals surface area contributed by atoms with Crippen LogP contribution in [-0.2, 0) is 5.41 Å². The normalized spacial score (nSPS) is 22.5. The second-order valence-corrected chi connectivity index (χ2v) is 7.23. The first-order valence-corrected chi connectivity index (χ1v) is 8.50. The van der Waals surface area contributed by atoms with Gasteiger partial charge in [-0.2, -0.15) is 0 Å². The van der Waals surface area contributed by atoms with Gasteiger partial charge in [-0.25, -0.2) is 0 Å². The Morgan fingerprint density at radius 2 is 1.55 bits per heavy atom. The second kappa shape index (κ2) is 5.89. The molecule has 0 aromatic heterocycles. The summed E-state index contributed by atoms with van der Waals surface area (Å²) in [5.74, 6) is 0. The third-order valence-corrected chi connectivity index (χ3v) is 5.20. The van der Waals surface area contributed by atoms with Crippen molar-refractivity contribution in [3.63, 3.8) is 0 Å². The van der Waals surface area contributed by atoms with E-state index in [-0.39, 0.29) is 0 Å². The predicted octanol–water partition coefficient (Wildman–Crippen LogP) is 4.65. The summed E-state index contributed by atoms with van der Waals surface area (Å²) in [5.41, 5.74) is 4.85. The molecule has 0 saturated heterocycles. The van der Waals surface area contributed by atoms with Gasteiger partial charge in [-0.15, -0.1) is 0 Å². The van der Waals surface area contributed by atoms with Crippen molar-refractivity contribution < 1.29 is 0 Å². The molecule has 1 aromatic rings. The van der Waals surface area contributed by atoms with E-state index in [1.807, 2.05) is 0 Å². The minimum absolute atomic E-state index is 0.399. The first-order chi connectivity index (χ1) is 9.68. The molecule has 1 heteroatoms. The van der Waals surface area contributed by atoms with Crippen LogP contribution >= 0.6 is 0 Å². The molecule has 1 N–H and O–H groups in total. The smallest absolute Gasteiger partial charge is 0.00780 e. The van der Waals surface area contributed by atoms with Crippen molar-refractivity contribution in [2.45, 2.75) is 76.7 Å². The Morgan fingerprint density at radius 3 is 2.10 bits per heavy atom. The SMILES string of the molecule is Cc1cc(C)cc(C2(CNC3CC3)CCCCCC2)c1. The number of nitrogens with one attached hydrogen (secondary N) is 1. The average Bonchev–Trinajstić information content (AvgIpc) is 3.23. The molecule has 110 valence electrons. The quantitative estimate of drug-likeness (QED) is 0.786. The molecule has 0 heterocycles. The van der Waals surface area contributed by atoms with Crippen molar-refractivity contribution in [3.05, 3.63) is 34.9 Å². The highest BCUT2D eigenvalue weighted by Gasteiger charge is 2.34. The molecule has 1 aromatic carbocycles. The van der Waals surface area contributed by atoms with Gasteiger partial charge >= 0.3 is 0 Å². The van der Waals surface area contributed by atoms with Gasteiger partial charge in [0.15, 0.2) is 0 Å². The van der Waals surface area contributed by atoms with Crippen molar-refractivity contribution in [1.82, 2.24) is 5.32 Å². The van der Waals surface area contributed by atoms with Gasteiger partial charge in [-0.3, -0.25) is 0 Å². The number of aryl methyl sites for hydroxylation is 2. The van der Waals surface area contributed by atoms with E-state index < -0.39 is 0 Å². The molecule has 0 amide bonds. The first kappa shape index (κ1) is 14.1. The standard InChI is InChI=1S/C19H29N/c1-15-11-16(2)13-17(12-15)19(14-20-18-7-8-18)9-5-3-4-6-10-19/h11-13,18,20H,3-10,14H2,1-2H3. The third-order valence-electron chi connectivity index (χ3n) is 5.20. The molecule has 0 unspecified atom stereocenters. The van der Waals surface area contributed by atoms with Gasteiger partial charge < -0.3 is 5.32 Å². The molecule has 3 rings (SSSR count). The third kappa shape index (κ3) is 3.25. The molecule has 0 bridgehead atoms. The van der Waals surface area contributed by atoms with E-state index in [1.54, 1.807) is 5.56 Å². The van der Waals surface area contributed by atoms with Crippen molar-refractivity contribution in [2.24, 2.45) is 0 Å². The Labute approximate surface area is 124 Å². The first-order valence-electron chi connectivity index (χ1n) is 8.50. The summed E-state index contributed by atoms with van der Waals surface area (Å²) in [6.45, 7) is 5.69. The Morgan fingerprint density at radius 1 is 0.950 bits per heavy atom. The molecular formula is C19H29N. The van der Waals surface area contributed by atoms with Crippen LogP contribution in [0.1, 0.15) is 68.1 Å². The summed E-state index contributed by atoms with van der Waals surface area (Å²) in [4.78, 5) is 0.